The largest absolute Gasteiger partial charge is 0.462 e. The fourth-order valence-corrected chi connectivity index (χ4v) is 2.52. The number of carbonyl (C=O) groups excluding carboxylic acids is 1. The van der Waals surface area contributed by atoms with Crippen molar-refractivity contribution in [1.29, 1.82) is 0 Å². The van der Waals surface area contributed by atoms with Crippen molar-refractivity contribution >= 4 is 5.97 Å². The summed E-state index contributed by atoms with van der Waals surface area (Å²) < 4.78 is 5.82. The van der Waals surface area contributed by atoms with Gasteiger partial charge in [0.15, 0.2) is 0 Å². The third-order valence-electron chi connectivity index (χ3n) is 3.71. The van der Waals surface area contributed by atoms with E-state index in [1.165, 1.54) is 0 Å². The van der Waals surface area contributed by atoms with E-state index in [2.05, 4.69) is 48.5 Å². The molecule has 0 saturated heterocycles. The van der Waals surface area contributed by atoms with Gasteiger partial charge in [-0.15, -0.1) is 0 Å². The zero-order valence-corrected chi connectivity index (χ0v) is 14.8. The van der Waals surface area contributed by atoms with Crippen LogP contribution in [0.5, 0.6) is 0 Å². The van der Waals surface area contributed by atoms with Crippen LogP contribution in [-0.4, -0.2) is 12.1 Å². The first-order valence-electron chi connectivity index (χ1n) is 8.41. The molecule has 0 aliphatic carbocycles. The zero-order valence-electron chi connectivity index (χ0n) is 14.8. The van der Waals surface area contributed by atoms with Crippen molar-refractivity contribution < 1.29 is 9.53 Å². The van der Waals surface area contributed by atoms with Gasteiger partial charge in [0.1, 0.15) is 6.10 Å². The van der Waals surface area contributed by atoms with Crippen molar-refractivity contribution in [1.82, 2.24) is 0 Å². The lowest BCUT2D eigenvalue weighted by molar-refractivity contribution is -0.157. The molecule has 0 saturated carbocycles. The van der Waals surface area contributed by atoms with Gasteiger partial charge in [-0.1, -0.05) is 67.7 Å². The molecule has 2 unspecified atom stereocenters. The Balaban J connectivity index is 4.62. The van der Waals surface area contributed by atoms with Crippen LogP contribution in [0.25, 0.3) is 0 Å². The molecular formula is C18H36O2. The number of esters is 1. The highest BCUT2D eigenvalue weighted by Gasteiger charge is 2.30. The van der Waals surface area contributed by atoms with Crippen LogP contribution >= 0.6 is 0 Å². The van der Waals surface area contributed by atoms with E-state index in [-0.39, 0.29) is 23.4 Å². The second-order valence-corrected chi connectivity index (χ2v) is 7.61. The lowest BCUT2D eigenvalue weighted by atomic mass is 9.79. The molecule has 2 atom stereocenters. The normalized spacial score (nSPS) is 15.2. The Morgan fingerprint density at radius 2 is 1.65 bits per heavy atom. The quantitative estimate of drug-likeness (QED) is 0.515. The minimum atomic E-state index is 0.0180. The van der Waals surface area contributed by atoms with E-state index in [4.69, 9.17) is 4.74 Å². The van der Waals surface area contributed by atoms with E-state index < -0.39 is 0 Å². The molecule has 0 aromatic rings. The first-order valence-corrected chi connectivity index (χ1v) is 8.41. The van der Waals surface area contributed by atoms with Gasteiger partial charge >= 0.3 is 5.97 Å². The number of hydrogen-bond donors (Lipinski definition) is 0. The monoisotopic (exact) mass is 284 g/mol. The van der Waals surface area contributed by atoms with Crippen molar-refractivity contribution in [2.75, 3.05) is 0 Å². The molecule has 2 heteroatoms. The summed E-state index contributed by atoms with van der Waals surface area (Å²) in [6, 6.07) is 0. The Labute approximate surface area is 126 Å². The van der Waals surface area contributed by atoms with E-state index in [0.717, 1.165) is 38.5 Å². The first kappa shape index (κ1) is 19.5. The smallest absolute Gasteiger partial charge is 0.309 e. The van der Waals surface area contributed by atoms with Crippen LogP contribution in [-0.2, 0) is 9.53 Å². The van der Waals surface area contributed by atoms with Crippen molar-refractivity contribution in [3.05, 3.63) is 0 Å². The molecule has 0 aromatic heterocycles. The fourth-order valence-electron chi connectivity index (χ4n) is 2.52. The van der Waals surface area contributed by atoms with Crippen LogP contribution in [0.4, 0.5) is 0 Å². The second-order valence-electron chi connectivity index (χ2n) is 7.61. The highest BCUT2D eigenvalue weighted by molar-refractivity contribution is 5.73. The molecule has 0 aliphatic rings. The summed E-state index contributed by atoms with van der Waals surface area (Å²) in [5, 5.41) is 0. The molecule has 2 nitrogen and oxygen atoms in total. The maximum Gasteiger partial charge on any atom is 0.309 e. The summed E-state index contributed by atoms with van der Waals surface area (Å²) in [4.78, 5) is 12.5. The van der Waals surface area contributed by atoms with Gasteiger partial charge in [0, 0.05) is 0 Å². The lowest BCUT2D eigenvalue weighted by Gasteiger charge is -2.29. The number of hydrogen-bond acceptors (Lipinski definition) is 2. The molecule has 0 aliphatic heterocycles. The molecular weight excluding hydrogens is 248 g/mol. The van der Waals surface area contributed by atoms with Crippen LogP contribution in [0.3, 0.4) is 0 Å². The van der Waals surface area contributed by atoms with Gasteiger partial charge in [0.2, 0.25) is 0 Å². The van der Waals surface area contributed by atoms with E-state index in [9.17, 15) is 4.79 Å². The molecule has 0 fully saturated rings. The molecule has 0 N–H and O–H groups in total. The SMILES string of the molecule is CCCCC(CCC)OC(=O)C(CC(C)(C)C)C(C)C. The summed E-state index contributed by atoms with van der Waals surface area (Å²) in [6.45, 7) is 15.2. The lowest BCUT2D eigenvalue weighted by Crippen LogP contribution is -2.30. The third-order valence-corrected chi connectivity index (χ3v) is 3.71. The van der Waals surface area contributed by atoms with Gasteiger partial charge in [-0.25, -0.2) is 0 Å². The maximum atomic E-state index is 12.5. The zero-order chi connectivity index (χ0) is 15.8. The molecule has 0 aromatic carbocycles. The summed E-state index contributed by atoms with van der Waals surface area (Å²) in [7, 11) is 0. The Kier molecular flexibility index (Phi) is 9.16. The Morgan fingerprint density at radius 3 is 2.05 bits per heavy atom. The molecule has 120 valence electrons. The molecule has 0 heterocycles. The topological polar surface area (TPSA) is 26.3 Å². The fraction of sp³-hybridized carbons (Fsp3) is 0.944. The highest BCUT2D eigenvalue weighted by Crippen LogP contribution is 2.30. The highest BCUT2D eigenvalue weighted by atomic mass is 16.5. The molecule has 0 radical (unpaired) electrons. The van der Waals surface area contributed by atoms with E-state index in [0.29, 0.717) is 5.92 Å². The van der Waals surface area contributed by atoms with E-state index >= 15 is 0 Å². The molecule has 0 spiro atoms. The summed E-state index contributed by atoms with van der Waals surface area (Å²) in [6.07, 6.45) is 6.40. The van der Waals surface area contributed by atoms with Gasteiger partial charge in [-0.05, 0) is 30.6 Å². The molecule has 0 bridgehead atoms. The van der Waals surface area contributed by atoms with Crippen molar-refractivity contribution in [3.63, 3.8) is 0 Å². The molecule has 20 heavy (non-hydrogen) atoms. The van der Waals surface area contributed by atoms with E-state index in [1.54, 1.807) is 0 Å². The number of carbonyl (C=O) groups is 1. The third kappa shape index (κ3) is 8.60. The van der Waals surface area contributed by atoms with Crippen LogP contribution in [0.15, 0.2) is 0 Å². The van der Waals surface area contributed by atoms with Gasteiger partial charge in [0.05, 0.1) is 5.92 Å². The van der Waals surface area contributed by atoms with Crippen molar-refractivity contribution in [2.45, 2.75) is 93.1 Å². The number of rotatable bonds is 9. The van der Waals surface area contributed by atoms with Crippen molar-refractivity contribution in [3.8, 4) is 0 Å². The van der Waals surface area contributed by atoms with Gasteiger partial charge in [-0.3, -0.25) is 4.79 Å². The minimum absolute atomic E-state index is 0.0180. The predicted octanol–water partition coefficient (Wildman–Crippen LogP) is 5.60. The van der Waals surface area contributed by atoms with Gasteiger partial charge in [0.25, 0.3) is 0 Å². The van der Waals surface area contributed by atoms with Crippen LogP contribution in [0.1, 0.15) is 87.0 Å². The molecule has 0 amide bonds. The number of ether oxygens (including phenoxy) is 1. The van der Waals surface area contributed by atoms with Crippen molar-refractivity contribution in [2.24, 2.45) is 17.3 Å². The van der Waals surface area contributed by atoms with Gasteiger partial charge in [-0.2, -0.15) is 0 Å². The van der Waals surface area contributed by atoms with Crippen LogP contribution < -0.4 is 0 Å². The average Bonchev–Trinajstić information content (AvgIpc) is 2.31. The first-order chi connectivity index (χ1) is 9.21. The van der Waals surface area contributed by atoms with Crippen LogP contribution in [0.2, 0.25) is 0 Å². The summed E-state index contributed by atoms with van der Waals surface area (Å²) in [5.41, 5.74) is 0.164. The average molecular weight is 284 g/mol. The standard InChI is InChI=1S/C18H36O2/c1-8-10-12-15(11-9-2)20-17(19)16(14(3)4)13-18(5,6)7/h14-16H,8-13H2,1-7H3. The maximum absolute atomic E-state index is 12.5. The van der Waals surface area contributed by atoms with E-state index in [1.807, 2.05) is 0 Å². The van der Waals surface area contributed by atoms with Gasteiger partial charge < -0.3 is 4.74 Å². The minimum Gasteiger partial charge on any atom is -0.462 e. The Bertz CT molecular complexity index is 263. The molecule has 0 rings (SSSR count). The van der Waals surface area contributed by atoms with Crippen LogP contribution in [0, 0.1) is 17.3 Å². The second kappa shape index (κ2) is 9.41. The predicted molar refractivity (Wildman–Crippen MR) is 86.7 cm³/mol. The summed E-state index contributed by atoms with van der Waals surface area (Å²) in [5.74, 6) is 0.385. The summed E-state index contributed by atoms with van der Waals surface area (Å²) >= 11 is 0. The Morgan fingerprint density at radius 1 is 1.05 bits per heavy atom. The Hall–Kier alpha value is -0.530. The number of unbranched alkanes of at least 4 members (excludes halogenated alkanes) is 1.